The molecule has 0 aliphatic carbocycles. The van der Waals surface area contributed by atoms with E-state index in [9.17, 15) is 0 Å². The van der Waals surface area contributed by atoms with Crippen LogP contribution in [-0.2, 0) is 0 Å². The minimum atomic E-state index is 0.313. The third kappa shape index (κ3) is 3.58. The SMILES string of the molecule is CCC(NCC(C)c1nccs1)c1ccccc1OC. The summed E-state index contributed by atoms with van der Waals surface area (Å²) < 4.78 is 5.46. The van der Waals surface area contributed by atoms with Crippen LogP contribution in [0.2, 0.25) is 0 Å². The highest BCUT2D eigenvalue weighted by atomic mass is 32.1. The molecular weight excluding hydrogens is 268 g/mol. The van der Waals surface area contributed by atoms with Crippen molar-refractivity contribution < 1.29 is 4.74 Å². The van der Waals surface area contributed by atoms with Gasteiger partial charge in [-0.25, -0.2) is 4.98 Å². The lowest BCUT2D eigenvalue weighted by Crippen LogP contribution is -2.25. The number of benzene rings is 1. The number of ether oxygens (including phenoxy) is 1. The van der Waals surface area contributed by atoms with Gasteiger partial charge in [0.05, 0.1) is 12.1 Å². The van der Waals surface area contributed by atoms with E-state index in [1.807, 2.05) is 23.7 Å². The van der Waals surface area contributed by atoms with E-state index in [2.05, 4.69) is 36.3 Å². The van der Waals surface area contributed by atoms with Gasteiger partial charge in [-0.1, -0.05) is 32.0 Å². The number of hydrogen-bond acceptors (Lipinski definition) is 4. The lowest BCUT2D eigenvalue weighted by molar-refractivity contribution is 0.395. The average molecular weight is 290 g/mol. The van der Waals surface area contributed by atoms with Gasteiger partial charge in [0, 0.05) is 35.6 Å². The van der Waals surface area contributed by atoms with Gasteiger partial charge >= 0.3 is 0 Å². The van der Waals surface area contributed by atoms with Crippen LogP contribution in [0.4, 0.5) is 0 Å². The van der Waals surface area contributed by atoms with Crippen LogP contribution in [0.1, 0.15) is 42.8 Å². The quantitative estimate of drug-likeness (QED) is 0.837. The van der Waals surface area contributed by atoms with Crippen molar-refractivity contribution in [1.29, 1.82) is 0 Å². The van der Waals surface area contributed by atoms with E-state index in [1.165, 1.54) is 10.6 Å². The van der Waals surface area contributed by atoms with Crippen molar-refractivity contribution in [2.24, 2.45) is 0 Å². The van der Waals surface area contributed by atoms with Gasteiger partial charge in [0.2, 0.25) is 0 Å². The number of rotatable bonds is 7. The summed E-state index contributed by atoms with van der Waals surface area (Å²) in [6.45, 7) is 5.32. The van der Waals surface area contributed by atoms with Crippen LogP contribution in [0.25, 0.3) is 0 Å². The number of methoxy groups -OCH3 is 1. The second-order valence-corrected chi connectivity index (χ2v) is 5.81. The van der Waals surface area contributed by atoms with Gasteiger partial charge in [-0.3, -0.25) is 0 Å². The Bertz CT molecular complexity index is 513. The highest BCUT2D eigenvalue weighted by Crippen LogP contribution is 2.27. The Kier molecular flexibility index (Phi) is 5.56. The summed E-state index contributed by atoms with van der Waals surface area (Å²) in [6.07, 6.45) is 2.90. The molecule has 2 unspecified atom stereocenters. The Morgan fingerprint density at radius 3 is 2.80 bits per heavy atom. The van der Waals surface area contributed by atoms with Gasteiger partial charge in [0.25, 0.3) is 0 Å². The molecule has 1 N–H and O–H groups in total. The summed E-state index contributed by atoms with van der Waals surface area (Å²) in [5.74, 6) is 1.38. The molecule has 0 saturated heterocycles. The smallest absolute Gasteiger partial charge is 0.123 e. The third-order valence-corrected chi connectivity index (χ3v) is 4.47. The van der Waals surface area contributed by atoms with Crippen molar-refractivity contribution in [2.75, 3.05) is 13.7 Å². The predicted octanol–water partition coefficient (Wildman–Crippen LogP) is 4.00. The fourth-order valence-corrected chi connectivity index (χ4v) is 3.01. The summed E-state index contributed by atoms with van der Waals surface area (Å²) >= 11 is 1.72. The molecule has 20 heavy (non-hydrogen) atoms. The number of aromatic nitrogens is 1. The molecule has 0 bridgehead atoms. The van der Waals surface area contributed by atoms with Crippen molar-refractivity contribution in [2.45, 2.75) is 32.2 Å². The zero-order valence-corrected chi connectivity index (χ0v) is 13.1. The van der Waals surface area contributed by atoms with Gasteiger partial charge in [-0.05, 0) is 12.5 Å². The Balaban J connectivity index is 2.02. The molecule has 0 fully saturated rings. The van der Waals surface area contributed by atoms with E-state index in [0.29, 0.717) is 12.0 Å². The molecule has 4 heteroatoms. The Morgan fingerprint density at radius 2 is 2.15 bits per heavy atom. The summed E-state index contributed by atoms with van der Waals surface area (Å²) in [4.78, 5) is 4.38. The monoisotopic (exact) mass is 290 g/mol. The van der Waals surface area contributed by atoms with Crippen molar-refractivity contribution in [3.05, 3.63) is 46.4 Å². The minimum Gasteiger partial charge on any atom is -0.496 e. The third-order valence-electron chi connectivity index (χ3n) is 3.47. The molecule has 2 aromatic rings. The molecule has 0 saturated carbocycles. The Morgan fingerprint density at radius 1 is 1.35 bits per heavy atom. The maximum atomic E-state index is 5.46. The van der Waals surface area contributed by atoms with E-state index in [4.69, 9.17) is 4.74 Å². The van der Waals surface area contributed by atoms with Crippen LogP contribution in [-0.4, -0.2) is 18.6 Å². The van der Waals surface area contributed by atoms with Crippen molar-refractivity contribution >= 4 is 11.3 Å². The zero-order valence-electron chi connectivity index (χ0n) is 12.3. The number of hydrogen-bond donors (Lipinski definition) is 1. The van der Waals surface area contributed by atoms with Crippen LogP contribution < -0.4 is 10.1 Å². The standard InChI is InChI=1S/C16H22N2OS/c1-4-14(13-7-5-6-8-15(13)19-3)18-11-12(2)16-17-9-10-20-16/h5-10,12,14,18H,4,11H2,1-3H3. The zero-order chi connectivity index (χ0) is 14.4. The lowest BCUT2D eigenvalue weighted by atomic mass is 10.0. The molecule has 108 valence electrons. The van der Waals surface area contributed by atoms with E-state index >= 15 is 0 Å². The summed E-state index contributed by atoms with van der Waals surface area (Å²) in [5, 5.41) is 6.85. The molecule has 1 aromatic heterocycles. The number of para-hydroxylation sites is 1. The molecule has 2 rings (SSSR count). The first-order valence-electron chi connectivity index (χ1n) is 7.02. The highest BCUT2D eigenvalue weighted by molar-refractivity contribution is 7.09. The number of nitrogens with one attached hydrogen (secondary N) is 1. The Hall–Kier alpha value is -1.39. The second kappa shape index (κ2) is 7.41. The van der Waals surface area contributed by atoms with Crippen LogP contribution in [0.15, 0.2) is 35.8 Å². The molecule has 1 aromatic carbocycles. The van der Waals surface area contributed by atoms with Crippen molar-refractivity contribution in [3.63, 3.8) is 0 Å². The fourth-order valence-electron chi connectivity index (χ4n) is 2.31. The van der Waals surface area contributed by atoms with Crippen LogP contribution in [0.5, 0.6) is 5.75 Å². The number of nitrogens with zero attached hydrogens (tertiary/aromatic N) is 1. The largest absolute Gasteiger partial charge is 0.496 e. The topological polar surface area (TPSA) is 34.2 Å². The fraction of sp³-hybridized carbons (Fsp3) is 0.438. The Labute approximate surface area is 125 Å². The summed E-state index contributed by atoms with van der Waals surface area (Å²) in [6, 6.07) is 8.53. The van der Waals surface area contributed by atoms with Crippen LogP contribution in [0.3, 0.4) is 0 Å². The first-order chi connectivity index (χ1) is 9.76. The molecule has 0 amide bonds. The summed E-state index contributed by atoms with van der Waals surface area (Å²) in [5.41, 5.74) is 1.23. The molecule has 2 atom stereocenters. The first-order valence-corrected chi connectivity index (χ1v) is 7.89. The maximum Gasteiger partial charge on any atom is 0.123 e. The maximum absolute atomic E-state index is 5.46. The molecule has 1 heterocycles. The van der Waals surface area contributed by atoms with E-state index in [1.54, 1.807) is 18.4 Å². The van der Waals surface area contributed by atoms with Gasteiger partial charge in [0.15, 0.2) is 0 Å². The molecule has 3 nitrogen and oxygen atoms in total. The van der Waals surface area contributed by atoms with Crippen molar-refractivity contribution in [1.82, 2.24) is 10.3 Å². The highest BCUT2D eigenvalue weighted by Gasteiger charge is 2.15. The second-order valence-electron chi connectivity index (χ2n) is 4.88. The number of thiazole rings is 1. The van der Waals surface area contributed by atoms with E-state index in [-0.39, 0.29) is 0 Å². The summed E-state index contributed by atoms with van der Waals surface area (Å²) in [7, 11) is 1.73. The molecular formula is C16H22N2OS. The van der Waals surface area contributed by atoms with Gasteiger partial charge < -0.3 is 10.1 Å². The first kappa shape index (κ1) is 15.0. The average Bonchev–Trinajstić information content (AvgIpc) is 3.02. The van der Waals surface area contributed by atoms with Gasteiger partial charge in [0.1, 0.15) is 5.75 Å². The molecule has 0 aliphatic rings. The minimum absolute atomic E-state index is 0.313. The predicted molar refractivity (Wildman–Crippen MR) is 84.6 cm³/mol. The van der Waals surface area contributed by atoms with Crippen LogP contribution in [0, 0.1) is 0 Å². The van der Waals surface area contributed by atoms with E-state index < -0.39 is 0 Å². The molecule has 0 spiro atoms. The van der Waals surface area contributed by atoms with Crippen LogP contribution >= 0.6 is 11.3 Å². The van der Waals surface area contributed by atoms with Gasteiger partial charge in [-0.15, -0.1) is 11.3 Å². The van der Waals surface area contributed by atoms with Crippen molar-refractivity contribution in [3.8, 4) is 5.75 Å². The molecule has 0 radical (unpaired) electrons. The lowest BCUT2D eigenvalue weighted by Gasteiger charge is -2.21. The van der Waals surface area contributed by atoms with E-state index in [0.717, 1.165) is 18.7 Å². The molecule has 0 aliphatic heterocycles. The van der Waals surface area contributed by atoms with Gasteiger partial charge in [-0.2, -0.15) is 0 Å². The normalized spacial score (nSPS) is 13.9.